The number of hydrogen-bond donors (Lipinski definition) is 1. The number of nitrogens with zero attached hydrogens (tertiary/aromatic N) is 1. The van der Waals surface area contributed by atoms with Crippen molar-refractivity contribution in [3.63, 3.8) is 0 Å². The van der Waals surface area contributed by atoms with E-state index in [-0.39, 0.29) is 5.82 Å². The van der Waals surface area contributed by atoms with E-state index in [0.717, 1.165) is 23.2 Å². The summed E-state index contributed by atoms with van der Waals surface area (Å²) in [5.74, 6) is 0.396. The van der Waals surface area contributed by atoms with Crippen molar-refractivity contribution < 1.29 is 4.39 Å². The van der Waals surface area contributed by atoms with Crippen LogP contribution < -0.4 is 10.2 Å². The Morgan fingerprint density at radius 1 is 1.44 bits per heavy atom. The van der Waals surface area contributed by atoms with Crippen LogP contribution >= 0.6 is 15.9 Å². The maximum atomic E-state index is 13.2. The Balaban J connectivity index is 2.24. The highest BCUT2D eigenvalue weighted by Gasteiger charge is 2.27. The van der Waals surface area contributed by atoms with E-state index in [2.05, 4.69) is 46.9 Å². The lowest BCUT2D eigenvalue weighted by molar-refractivity contribution is 0.336. The summed E-state index contributed by atoms with van der Waals surface area (Å²) < 4.78 is 14.0. The molecule has 100 valence electrons. The average Bonchev–Trinajstić information content (AvgIpc) is 2.30. The fourth-order valence-corrected chi connectivity index (χ4v) is 2.96. The molecule has 0 amide bonds. The molecule has 1 aromatic rings. The lowest BCUT2D eigenvalue weighted by Gasteiger charge is -2.42. The SMILES string of the molecule is CC(C)C1CN(c2ccc(F)cc2Br)C(C)CN1. The Kier molecular flexibility index (Phi) is 4.28. The monoisotopic (exact) mass is 314 g/mol. The first-order chi connectivity index (χ1) is 8.49. The van der Waals surface area contributed by atoms with Gasteiger partial charge >= 0.3 is 0 Å². The molecule has 2 nitrogen and oxygen atoms in total. The predicted octanol–water partition coefficient (Wildman–Crippen LogP) is 3.41. The van der Waals surface area contributed by atoms with Gasteiger partial charge in [-0.3, -0.25) is 0 Å². The summed E-state index contributed by atoms with van der Waals surface area (Å²) in [4.78, 5) is 2.35. The molecular weight excluding hydrogens is 295 g/mol. The maximum Gasteiger partial charge on any atom is 0.124 e. The topological polar surface area (TPSA) is 15.3 Å². The minimum atomic E-state index is -0.200. The zero-order valence-corrected chi connectivity index (χ0v) is 12.7. The molecule has 2 atom stereocenters. The first-order valence-corrected chi connectivity index (χ1v) is 7.23. The fourth-order valence-electron chi connectivity index (χ4n) is 2.39. The van der Waals surface area contributed by atoms with Crippen LogP contribution in [-0.2, 0) is 0 Å². The maximum absolute atomic E-state index is 13.2. The smallest absolute Gasteiger partial charge is 0.124 e. The molecular formula is C14H20BrFN2. The first-order valence-electron chi connectivity index (χ1n) is 6.44. The van der Waals surface area contributed by atoms with Crippen LogP contribution in [0.3, 0.4) is 0 Å². The van der Waals surface area contributed by atoms with Gasteiger partial charge in [0.2, 0.25) is 0 Å². The molecule has 1 N–H and O–H groups in total. The molecule has 18 heavy (non-hydrogen) atoms. The quantitative estimate of drug-likeness (QED) is 0.900. The van der Waals surface area contributed by atoms with Crippen molar-refractivity contribution in [3.05, 3.63) is 28.5 Å². The van der Waals surface area contributed by atoms with Gasteiger partial charge in [0.15, 0.2) is 0 Å². The number of benzene rings is 1. The molecule has 0 bridgehead atoms. The van der Waals surface area contributed by atoms with Gasteiger partial charge in [0.05, 0.1) is 5.69 Å². The van der Waals surface area contributed by atoms with Crippen molar-refractivity contribution in [2.24, 2.45) is 5.92 Å². The molecule has 1 saturated heterocycles. The van der Waals surface area contributed by atoms with E-state index in [9.17, 15) is 4.39 Å². The van der Waals surface area contributed by atoms with Gasteiger partial charge in [-0.15, -0.1) is 0 Å². The molecule has 2 rings (SSSR count). The van der Waals surface area contributed by atoms with Crippen LogP contribution in [0.15, 0.2) is 22.7 Å². The van der Waals surface area contributed by atoms with Gasteiger partial charge in [-0.1, -0.05) is 13.8 Å². The van der Waals surface area contributed by atoms with Gasteiger partial charge in [-0.25, -0.2) is 4.39 Å². The summed E-state index contributed by atoms with van der Waals surface area (Å²) in [6.45, 7) is 8.58. The standard InChI is InChI=1S/C14H20BrFN2/c1-9(2)13-8-18(10(3)7-17-13)14-5-4-11(16)6-12(14)15/h4-6,9-10,13,17H,7-8H2,1-3H3. The van der Waals surface area contributed by atoms with E-state index in [1.165, 1.54) is 12.1 Å². The van der Waals surface area contributed by atoms with E-state index in [1.54, 1.807) is 0 Å². The van der Waals surface area contributed by atoms with Crippen LogP contribution in [0.2, 0.25) is 0 Å². The van der Waals surface area contributed by atoms with Gasteiger partial charge in [0, 0.05) is 29.6 Å². The summed E-state index contributed by atoms with van der Waals surface area (Å²) in [6, 6.07) is 5.83. The minimum Gasteiger partial charge on any atom is -0.365 e. The molecule has 0 radical (unpaired) electrons. The van der Waals surface area contributed by atoms with E-state index in [0.29, 0.717) is 18.0 Å². The highest BCUT2D eigenvalue weighted by Crippen LogP contribution is 2.30. The molecule has 1 aliphatic heterocycles. The Hall–Kier alpha value is -0.610. The predicted molar refractivity (Wildman–Crippen MR) is 77.5 cm³/mol. The fraction of sp³-hybridized carbons (Fsp3) is 0.571. The van der Waals surface area contributed by atoms with Crippen molar-refractivity contribution in [2.45, 2.75) is 32.9 Å². The van der Waals surface area contributed by atoms with Gasteiger partial charge < -0.3 is 10.2 Å². The highest BCUT2D eigenvalue weighted by molar-refractivity contribution is 9.10. The number of nitrogens with one attached hydrogen (secondary N) is 1. The second kappa shape index (κ2) is 5.57. The van der Waals surface area contributed by atoms with Crippen LogP contribution in [0.1, 0.15) is 20.8 Å². The second-order valence-corrected chi connectivity index (χ2v) is 6.21. The summed E-state index contributed by atoms with van der Waals surface area (Å²) in [6.07, 6.45) is 0. The molecule has 1 aliphatic rings. The summed E-state index contributed by atoms with van der Waals surface area (Å²) in [7, 11) is 0. The van der Waals surface area contributed by atoms with Crippen molar-refractivity contribution in [3.8, 4) is 0 Å². The largest absolute Gasteiger partial charge is 0.365 e. The molecule has 2 unspecified atom stereocenters. The molecule has 1 aromatic carbocycles. The van der Waals surface area contributed by atoms with Gasteiger partial charge in [0.25, 0.3) is 0 Å². The van der Waals surface area contributed by atoms with E-state index in [4.69, 9.17) is 0 Å². The number of rotatable bonds is 2. The molecule has 0 aromatic heterocycles. The molecule has 4 heteroatoms. The van der Waals surface area contributed by atoms with Gasteiger partial charge in [-0.05, 0) is 47.0 Å². The van der Waals surface area contributed by atoms with Crippen LogP contribution in [-0.4, -0.2) is 25.2 Å². The molecule has 1 heterocycles. The Morgan fingerprint density at radius 2 is 2.17 bits per heavy atom. The minimum absolute atomic E-state index is 0.200. The number of anilines is 1. The van der Waals surface area contributed by atoms with Crippen molar-refractivity contribution in [2.75, 3.05) is 18.0 Å². The Morgan fingerprint density at radius 3 is 2.78 bits per heavy atom. The van der Waals surface area contributed by atoms with Gasteiger partial charge in [-0.2, -0.15) is 0 Å². The third-order valence-electron chi connectivity index (χ3n) is 3.62. The summed E-state index contributed by atoms with van der Waals surface area (Å²) in [5.41, 5.74) is 1.08. The zero-order chi connectivity index (χ0) is 13.3. The Labute approximate surface area is 117 Å². The molecule has 1 fully saturated rings. The van der Waals surface area contributed by atoms with Gasteiger partial charge in [0.1, 0.15) is 5.82 Å². The van der Waals surface area contributed by atoms with Crippen LogP contribution in [0, 0.1) is 11.7 Å². The summed E-state index contributed by atoms with van der Waals surface area (Å²) in [5, 5.41) is 3.57. The third-order valence-corrected chi connectivity index (χ3v) is 4.26. The highest BCUT2D eigenvalue weighted by atomic mass is 79.9. The Bertz CT molecular complexity index is 422. The molecule has 0 saturated carbocycles. The zero-order valence-electron chi connectivity index (χ0n) is 11.1. The number of hydrogen-bond acceptors (Lipinski definition) is 2. The van der Waals surface area contributed by atoms with Crippen molar-refractivity contribution >= 4 is 21.6 Å². The third kappa shape index (κ3) is 2.86. The molecule has 0 spiro atoms. The number of halogens is 2. The van der Waals surface area contributed by atoms with Crippen LogP contribution in [0.5, 0.6) is 0 Å². The van der Waals surface area contributed by atoms with E-state index in [1.807, 2.05) is 6.07 Å². The first kappa shape index (κ1) is 13.8. The number of piperazine rings is 1. The second-order valence-electron chi connectivity index (χ2n) is 5.36. The summed E-state index contributed by atoms with van der Waals surface area (Å²) >= 11 is 3.47. The van der Waals surface area contributed by atoms with E-state index >= 15 is 0 Å². The molecule has 0 aliphatic carbocycles. The average molecular weight is 315 g/mol. The van der Waals surface area contributed by atoms with Crippen molar-refractivity contribution in [1.82, 2.24) is 5.32 Å². The van der Waals surface area contributed by atoms with Crippen molar-refractivity contribution in [1.29, 1.82) is 0 Å². The lowest BCUT2D eigenvalue weighted by atomic mass is 9.99. The normalized spacial score (nSPS) is 24.7. The lowest BCUT2D eigenvalue weighted by Crippen LogP contribution is -2.57. The van der Waals surface area contributed by atoms with E-state index < -0.39 is 0 Å². The van der Waals surface area contributed by atoms with Crippen LogP contribution in [0.4, 0.5) is 10.1 Å². The van der Waals surface area contributed by atoms with Crippen LogP contribution in [0.25, 0.3) is 0 Å².